The second kappa shape index (κ2) is 17.1. The zero-order valence-electron chi connectivity index (χ0n) is 32.2. The van der Waals surface area contributed by atoms with E-state index >= 15 is 4.79 Å². The number of ketones is 1. The molecular formula is C44H49ClNO7PSi. The van der Waals surface area contributed by atoms with Gasteiger partial charge in [-0.05, 0) is 52.6 Å². The first-order valence-electron chi connectivity index (χ1n) is 18.3. The van der Waals surface area contributed by atoms with Gasteiger partial charge in [-0.25, -0.2) is 4.79 Å². The SMILES string of the molecule is C=CCOC(=O)C(N1C(=O)[C@H]([C@H](C)O[Si](C)(C)C(C)(C)C)[C@H]1CC(=O)c1ccc(CC(=O)O)c(Cl)c1)=P(c1ccccc1)(c1ccccc1)c1ccccc1. The molecule has 0 aromatic heterocycles. The smallest absolute Gasteiger partial charge is 0.356 e. The summed E-state index contributed by atoms with van der Waals surface area (Å²) in [5.41, 5.74) is 0.803. The molecule has 288 valence electrons. The maximum Gasteiger partial charge on any atom is 0.356 e. The number of rotatable bonds is 15. The van der Waals surface area contributed by atoms with Gasteiger partial charge in [0.25, 0.3) is 0 Å². The molecule has 1 amide bonds. The van der Waals surface area contributed by atoms with Crippen LogP contribution in [0.15, 0.2) is 122 Å². The lowest BCUT2D eigenvalue weighted by molar-refractivity contribution is -0.156. The maximum atomic E-state index is 15.1. The number of ether oxygens (including phenoxy) is 1. The summed E-state index contributed by atoms with van der Waals surface area (Å²) >= 11 is 6.49. The Bertz CT molecular complexity index is 2010. The lowest BCUT2D eigenvalue weighted by Gasteiger charge is -2.53. The Kier molecular flexibility index (Phi) is 12.9. The zero-order chi connectivity index (χ0) is 40.1. The number of hydrogen-bond acceptors (Lipinski definition) is 6. The van der Waals surface area contributed by atoms with E-state index in [1.54, 1.807) is 6.07 Å². The summed E-state index contributed by atoms with van der Waals surface area (Å²) in [5.74, 6) is -3.16. The number of carbonyl (C=O) groups excluding carboxylic acids is 3. The van der Waals surface area contributed by atoms with Gasteiger partial charge in [0.2, 0.25) is 5.91 Å². The number of nitrogens with zero attached hydrogens (tertiary/aromatic N) is 1. The van der Waals surface area contributed by atoms with E-state index in [9.17, 15) is 19.5 Å². The van der Waals surface area contributed by atoms with Crippen molar-refractivity contribution >= 4 is 71.8 Å². The first kappa shape index (κ1) is 41.6. The molecular weight excluding hydrogens is 749 g/mol. The first-order chi connectivity index (χ1) is 26.0. The highest BCUT2D eigenvalue weighted by Crippen LogP contribution is 2.51. The second-order valence-corrected chi connectivity index (χ2v) is 23.8. The molecule has 55 heavy (non-hydrogen) atoms. The summed E-state index contributed by atoms with van der Waals surface area (Å²) in [7, 11) is -2.41. The zero-order valence-corrected chi connectivity index (χ0v) is 34.8. The summed E-state index contributed by atoms with van der Waals surface area (Å²) < 4.78 is 12.7. The number of benzene rings is 4. The number of β-lactam (4-membered cyclic amide) rings is 1. The largest absolute Gasteiger partial charge is 0.481 e. The number of halogens is 1. The van der Waals surface area contributed by atoms with E-state index in [-0.39, 0.29) is 52.2 Å². The van der Waals surface area contributed by atoms with Crippen LogP contribution in [-0.4, -0.2) is 66.1 Å². The van der Waals surface area contributed by atoms with Gasteiger partial charge in [0.1, 0.15) is 12.0 Å². The van der Waals surface area contributed by atoms with Gasteiger partial charge in [-0.2, -0.15) is 0 Å². The summed E-state index contributed by atoms with van der Waals surface area (Å²) in [4.78, 5) is 57.3. The molecule has 3 atom stereocenters. The summed E-state index contributed by atoms with van der Waals surface area (Å²) in [6.45, 7) is 12.9. The van der Waals surface area contributed by atoms with Crippen molar-refractivity contribution in [2.45, 2.75) is 70.8 Å². The third kappa shape index (κ3) is 8.51. The number of carbonyl (C=O) groups is 4. The van der Waals surface area contributed by atoms with Crippen LogP contribution >= 0.6 is 18.5 Å². The van der Waals surface area contributed by atoms with E-state index in [0.717, 1.165) is 15.9 Å². The monoisotopic (exact) mass is 797 g/mol. The average Bonchev–Trinajstić information content (AvgIpc) is 3.14. The lowest BCUT2D eigenvalue weighted by atomic mass is 9.79. The molecule has 11 heteroatoms. The molecule has 4 aromatic rings. The van der Waals surface area contributed by atoms with Crippen LogP contribution in [0.4, 0.5) is 0 Å². The van der Waals surface area contributed by atoms with Gasteiger partial charge in [-0.15, -0.1) is 0 Å². The molecule has 0 saturated carbocycles. The molecule has 1 aliphatic heterocycles. The standard InChI is InChI=1S/C44H49ClNO7PSi/c1-8-26-52-43(51)42(54(33-18-12-9-13-19-33,34-20-14-10-15-21-34)35-22-16-11-17-23-35)46-37(40(41(46)50)30(2)53-55(6,7)44(3,4)5)29-38(47)32-25-24-31(28-39(48)49)36(45)27-32/h8-25,27,30,37,40H,1,26,28-29H2,2-7H3,(H,48,49)/t30-,37+,40+/m0/s1. The number of esters is 1. The van der Waals surface area contributed by atoms with E-state index < -0.39 is 45.2 Å². The molecule has 4 aromatic carbocycles. The van der Waals surface area contributed by atoms with Gasteiger partial charge in [0, 0.05) is 23.9 Å². The van der Waals surface area contributed by atoms with Crippen molar-refractivity contribution in [2.24, 2.45) is 5.92 Å². The third-order valence-corrected chi connectivity index (χ3v) is 19.8. The van der Waals surface area contributed by atoms with Gasteiger partial charge >= 0.3 is 11.9 Å². The molecule has 1 fully saturated rings. The molecule has 8 nitrogen and oxygen atoms in total. The number of hydrogen-bond donors (Lipinski definition) is 1. The molecule has 0 unspecified atom stereocenters. The van der Waals surface area contributed by atoms with Gasteiger partial charge in [0.05, 0.1) is 24.5 Å². The molecule has 0 bridgehead atoms. The minimum absolute atomic E-state index is 0.0954. The summed E-state index contributed by atoms with van der Waals surface area (Å²) in [5, 5.41) is 11.8. The van der Waals surface area contributed by atoms with Gasteiger partial charge in [0.15, 0.2) is 14.1 Å². The lowest BCUT2D eigenvalue weighted by Crippen LogP contribution is -2.69. The Morgan fingerprint density at radius 2 is 1.42 bits per heavy atom. The molecule has 0 radical (unpaired) electrons. The fourth-order valence-corrected chi connectivity index (χ4v) is 13.0. The molecule has 1 N–H and O–H groups in total. The minimum atomic E-state index is -3.23. The average molecular weight is 798 g/mol. The van der Waals surface area contributed by atoms with E-state index in [1.165, 1.54) is 23.1 Å². The predicted molar refractivity (Wildman–Crippen MR) is 225 cm³/mol. The molecule has 1 heterocycles. The number of aliphatic carboxylic acids is 1. The van der Waals surface area contributed by atoms with Gasteiger partial charge in [-0.1, -0.05) is 148 Å². The molecule has 0 aliphatic carbocycles. The predicted octanol–water partition coefficient (Wildman–Crippen LogP) is 7.63. The van der Waals surface area contributed by atoms with Crippen LogP contribution in [0.25, 0.3) is 0 Å². The Morgan fingerprint density at radius 1 is 0.909 bits per heavy atom. The van der Waals surface area contributed by atoms with Crippen LogP contribution in [0.1, 0.15) is 50.0 Å². The van der Waals surface area contributed by atoms with E-state index in [1.807, 2.05) is 97.9 Å². The highest BCUT2D eigenvalue weighted by atomic mass is 35.5. The van der Waals surface area contributed by atoms with Crippen molar-refractivity contribution in [1.29, 1.82) is 0 Å². The number of amides is 1. The highest BCUT2D eigenvalue weighted by molar-refractivity contribution is 7.96. The van der Waals surface area contributed by atoms with Crippen molar-refractivity contribution in [3.63, 3.8) is 0 Å². The van der Waals surface area contributed by atoms with Crippen molar-refractivity contribution in [3.05, 3.63) is 138 Å². The number of likely N-dealkylation sites (tertiary alicyclic amines) is 1. The Balaban J connectivity index is 1.81. The Hall–Kier alpha value is -4.53. The molecule has 1 aliphatic rings. The van der Waals surface area contributed by atoms with E-state index in [0.29, 0.717) is 5.56 Å². The third-order valence-electron chi connectivity index (χ3n) is 10.7. The van der Waals surface area contributed by atoms with Crippen molar-refractivity contribution in [3.8, 4) is 0 Å². The summed E-state index contributed by atoms with van der Waals surface area (Å²) in [6.07, 6.45) is 0.440. The van der Waals surface area contributed by atoms with Crippen molar-refractivity contribution in [2.75, 3.05) is 6.61 Å². The van der Waals surface area contributed by atoms with Crippen LogP contribution in [0.2, 0.25) is 23.2 Å². The van der Waals surface area contributed by atoms with E-state index in [4.69, 9.17) is 20.8 Å². The fourth-order valence-electron chi connectivity index (χ4n) is 6.97. The minimum Gasteiger partial charge on any atom is -0.481 e. The molecule has 1 saturated heterocycles. The van der Waals surface area contributed by atoms with Crippen molar-refractivity contribution < 1.29 is 33.4 Å². The topological polar surface area (TPSA) is 110 Å². The number of carboxylic acids is 1. The van der Waals surface area contributed by atoms with Gasteiger partial charge in [-0.3, -0.25) is 14.4 Å². The number of Topliss-reactive ketones (excluding diaryl/α,β-unsaturated/α-hetero) is 1. The van der Waals surface area contributed by atoms with E-state index in [2.05, 4.69) is 40.4 Å². The summed E-state index contributed by atoms with van der Waals surface area (Å²) in [6, 6.07) is 32.8. The number of carboxylic acid groups (broad SMARTS) is 1. The maximum absolute atomic E-state index is 15.1. The normalized spacial score (nSPS) is 16.5. The Labute approximate surface area is 330 Å². The van der Waals surface area contributed by atoms with Crippen LogP contribution in [0.5, 0.6) is 0 Å². The Morgan fingerprint density at radius 3 is 1.85 bits per heavy atom. The van der Waals surface area contributed by atoms with Crippen LogP contribution in [0.3, 0.4) is 0 Å². The van der Waals surface area contributed by atoms with Crippen LogP contribution in [0, 0.1) is 5.92 Å². The molecule has 5 rings (SSSR count). The molecule has 0 spiro atoms. The second-order valence-electron chi connectivity index (χ2n) is 15.3. The van der Waals surface area contributed by atoms with Crippen molar-refractivity contribution in [1.82, 2.24) is 4.90 Å². The van der Waals surface area contributed by atoms with Gasteiger partial charge < -0.3 is 19.2 Å². The highest BCUT2D eigenvalue weighted by Gasteiger charge is 2.57. The first-order valence-corrected chi connectivity index (χ1v) is 23.4. The quantitative estimate of drug-likeness (QED) is 0.0329. The fraction of sp³-hybridized carbons (Fsp3) is 0.295. The van der Waals surface area contributed by atoms with Crippen LogP contribution < -0.4 is 15.9 Å². The van der Waals surface area contributed by atoms with Crippen LogP contribution in [-0.2, 0) is 30.0 Å².